The maximum absolute atomic E-state index is 9.40. The Kier molecular flexibility index (Phi) is 1.89. The Hall–Kier alpha value is -2.43. The molecular weight excluding hydrogens is 216 g/mol. The van der Waals surface area contributed by atoms with Crippen molar-refractivity contribution in [2.75, 3.05) is 5.73 Å². The van der Waals surface area contributed by atoms with Crippen molar-refractivity contribution in [3.05, 3.63) is 30.5 Å². The van der Waals surface area contributed by atoms with Crippen LogP contribution in [-0.2, 0) is 7.05 Å². The lowest BCUT2D eigenvalue weighted by atomic mass is 10.1. The third kappa shape index (κ3) is 1.44. The predicted octanol–water partition coefficient (Wildman–Crippen LogP) is 1.86. The number of H-pyrrole nitrogens is 1. The van der Waals surface area contributed by atoms with Gasteiger partial charge in [-0.25, -0.2) is 0 Å². The van der Waals surface area contributed by atoms with E-state index < -0.39 is 0 Å². The second kappa shape index (κ2) is 3.28. The molecule has 5 heteroatoms. The molecule has 0 aliphatic carbocycles. The molecule has 3 rings (SSSR count). The summed E-state index contributed by atoms with van der Waals surface area (Å²) in [7, 11) is 1.81. The third-order valence-corrected chi connectivity index (χ3v) is 2.86. The summed E-state index contributed by atoms with van der Waals surface area (Å²) >= 11 is 0. The van der Waals surface area contributed by atoms with Gasteiger partial charge in [-0.15, -0.1) is 0 Å². The van der Waals surface area contributed by atoms with Crippen LogP contribution in [0.2, 0.25) is 0 Å². The number of nitrogen functional groups attached to an aromatic ring is 1. The molecule has 0 unspecified atom stereocenters. The highest BCUT2D eigenvalue weighted by atomic mass is 16.3. The van der Waals surface area contributed by atoms with Crippen molar-refractivity contribution in [2.45, 2.75) is 0 Å². The number of aromatic nitrogens is 3. The van der Waals surface area contributed by atoms with Crippen LogP contribution in [0.3, 0.4) is 0 Å². The van der Waals surface area contributed by atoms with E-state index in [1.807, 2.05) is 18.3 Å². The first kappa shape index (κ1) is 9.77. The number of nitrogens with zero attached hydrogens (tertiary/aromatic N) is 2. The SMILES string of the molecule is Cn1nc(-c2c[nH]c3cc(O)ccc23)cc1N. The van der Waals surface area contributed by atoms with E-state index in [0.29, 0.717) is 5.82 Å². The van der Waals surface area contributed by atoms with E-state index >= 15 is 0 Å². The smallest absolute Gasteiger partial charge is 0.121 e. The minimum atomic E-state index is 0.242. The number of hydrogen-bond acceptors (Lipinski definition) is 3. The highest BCUT2D eigenvalue weighted by Crippen LogP contribution is 2.30. The number of benzene rings is 1. The highest BCUT2D eigenvalue weighted by Gasteiger charge is 2.10. The average Bonchev–Trinajstić information content (AvgIpc) is 2.83. The summed E-state index contributed by atoms with van der Waals surface area (Å²) in [5.41, 5.74) is 8.44. The number of anilines is 1. The zero-order valence-corrected chi connectivity index (χ0v) is 9.31. The van der Waals surface area contributed by atoms with E-state index in [4.69, 9.17) is 5.73 Å². The van der Waals surface area contributed by atoms with Crippen LogP contribution in [0.1, 0.15) is 0 Å². The first-order chi connectivity index (χ1) is 8.15. The van der Waals surface area contributed by atoms with Gasteiger partial charge in [-0.1, -0.05) is 0 Å². The summed E-state index contributed by atoms with van der Waals surface area (Å²) in [4.78, 5) is 3.11. The van der Waals surface area contributed by atoms with E-state index in [2.05, 4.69) is 10.1 Å². The lowest BCUT2D eigenvalue weighted by molar-refractivity contribution is 0.476. The lowest BCUT2D eigenvalue weighted by Gasteiger charge is -1.95. The van der Waals surface area contributed by atoms with Crippen molar-refractivity contribution in [1.29, 1.82) is 0 Å². The van der Waals surface area contributed by atoms with Gasteiger partial charge < -0.3 is 15.8 Å². The molecule has 0 spiro atoms. The van der Waals surface area contributed by atoms with Crippen LogP contribution >= 0.6 is 0 Å². The van der Waals surface area contributed by atoms with E-state index in [9.17, 15) is 5.11 Å². The van der Waals surface area contributed by atoms with Crippen molar-refractivity contribution in [3.8, 4) is 17.0 Å². The van der Waals surface area contributed by atoms with Crippen LogP contribution in [0.5, 0.6) is 5.75 Å². The third-order valence-electron chi connectivity index (χ3n) is 2.86. The Morgan fingerprint density at radius 3 is 2.88 bits per heavy atom. The standard InChI is InChI=1S/C12H12N4O/c1-16-12(13)5-11(15-16)9-6-14-10-4-7(17)2-3-8(9)10/h2-6,14,17H,13H2,1H3. The molecule has 0 aliphatic heterocycles. The van der Waals surface area contributed by atoms with Gasteiger partial charge in [0.15, 0.2) is 0 Å². The molecule has 0 amide bonds. The van der Waals surface area contributed by atoms with Crippen molar-refractivity contribution in [1.82, 2.24) is 14.8 Å². The molecule has 2 aromatic heterocycles. The van der Waals surface area contributed by atoms with E-state index in [-0.39, 0.29) is 5.75 Å². The van der Waals surface area contributed by atoms with E-state index in [0.717, 1.165) is 22.2 Å². The second-order valence-corrected chi connectivity index (χ2v) is 4.01. The molecule has 4 N–H and O–H groups in total. The molecule has 0 aliphatic rings. The highest BCUT2D eigenvalue weighted by molar-refractivity contribution is 5.95. The van der Waals surface area contributed by atoms with E-state index in [1.54, 1.807) is 23.9 Å². The first-order valence-corrected chi connectivity index (χ1v) is 5.25. The Morgan fingerprint density at radius 1 is 1.35 bits per heavy atom. The van der Waals surface area contributed by atoms with Crippen LogP contribution in [0.4, 0.5) is 5.82 Å². The average molecular weight is 228 g/mol. The van der Waals surface area contributed by atoms with Gasteiger partial charge in [0.2, 0.25) is 0 Å². The van der Waals surface area contributed by atoms with Gasteiger partial charge in [0.05, 0.1) is 5.69 Å². The molecule has 5 nitrogen and oxygen atoms in total. The van der Waals surface area contributed by atoms with Crippen molar-refractivity contribution in [2.24, 2.45) is 7.05 Å². The van der Waals surface area contributed by atoms with Crippen molar-refractivity contribution >= 4 is 16.7 Å². The number of aromatic amines is 1. The summed E-state index contributed by atoms with van der Waals surface area (Å²) < 4.78 is 1.63. The molecular formula is C12H12N4O. The molecule has 17 heavy (non-hydrogen) atoms. The van der Waals surface area contributed by atoms with Crippen LogP contribution in [0.25, 0.3) is 22.2 Å². The molecule has 0 saturated heterocycles. The number of phenols is 1. The zero-order valence-electron chi connectivity index (χ0n) is 9.31. The van der Waals surface area contributed by atoms with Gasteiger partial charge in [0, 0.05) is 41.8 Å². The molecule has 0 atom stereocenters. The molecule has 1 aromatic carbocycles. The molecule has 2 heterocycles. The van der Waals surface area contributed by atoms with Crippen LogP contribution < -0.4 is 5.73 Å². The Bertz CT molecular complexity index is 676. The number of fused-ring (bicyclic) bond motifs is 1. The Balaban J connectivity index is 2.24. The van der Waals surface area contributed by atoms with Gasteiger partial charge in [0.1, 0.15) is 11.6 Å². The fraction of sp³-hybridized carbons (Fsp3) is 0.0833. The first-order valence-electron chi connectivity index (χ1n) is 5.25. The van der Waals surface area contributed by atoms with E-state index in [1.165, 1.54) is 0 Å². The van der Waals surface area contributed by atoms with Crippen LogP contribution in [0, 0.1) is 0 Å². The molecule has 0 bridgehead atoms. The summed E-state index contributed by atoms with van der Waals surface area (Å²) in [6.45, 7) is 0. The lowest BCUT2D eigenvalue weighted by Crippen LogP contribution is -1.96. The summed E-state index contributed by atoms with van der Waals surface area (Å²) in [5.74, 6) is 0.861. The minimum Gasteiger partial charge on any atom is -0.508 e. The topological polar surface area (TPSA) is 79.9 Å². The summed E-state index contributed by atoms with van der Waals surface area (Å²) in [6.07, 6.45) is 1.87. The number of hydrogen-bond donors (Lipinski definition) is 3. The van der Waals surface area contributed by atoms with Gasteiger partial charge in [-0.2, -0.15) is 5.10 Å². The molecule has 3 aromatic rings. The number of aromatic hydroxyl groups is 1. The normalized spacial score (nSPS) is 11.1. The van der Waals surface area contributed by atoms with Crippen LogP contribution in [0.15, 0.2) is 30.5 Å². The summed E-state index contributed by atoms with van der Waals surface area (Å²) in [5, 5.41) is 14.7. The van der Waals surface area contributed by atoms with Gasteiger partial charge in [0.25, 0.3) is 0 Å². The van der Waals surface area contributed by atoms with Gasteiger partial charge in [-0.3, -0.25) is 4.68 Å². The number of phenolic OH excluding ortho intramolecular Hbond substituents is 1. The number of nitrogens with one attached hydrogen (secondary N) is 1. The molecule has 0 radical (unpaired) electrons. The fourth-order valence-corrected chi connectivity index (χ4v) is 1.94. The predicted molar refractivity (Wildman–Crippen MR) is 66.6 cm³/mol. The maximum Gasteiger partial charge on any atom is 0.121 e. The van der Waals surface area contributed by atoms with Gasteiger partial charge >= 0.3 is 0 Å². The maximum atomic E-state index is 9.40. The van der Waals surface area contributed by atoms with Crippen molar-refractivity contribution < 1.29 is 5.11 Å². The zero-order chi connectivity index (χ0) is 12.0. The molecule has 86 valence electrons. The summed E-state index contributed by atoms with van der Waals surface area (Å²) in [6, 6.07) is 7.04. The molecule has 0 fully saturated rings. The number of aryl methyl sites for hydroxylation is 1. The number of rotatable bonds is 1. The minimum absolute atomic E-state index is 0.242. The largest absolute Gasteiger partial charge is 0.508 e. The Morgan fingerprint density at radius 2 is 2.18 bits per heavy atom. The van der Waals surface area contributed by atoms with Crippen LogP contribution in [-0.4, -0.2) is 19.9 Å². The fourth-order valence-electron chi connectivity index (χ4n) is 1.94. The van der Waals surface area contributed by atoms with Gasteiger partial charge in [-0.05, 0) is 12.1 Å². The monoisotopic (exact) mass is 228 g/mol. The quantitative estimate of drug-likeness (QED) is 0.594. The Labute approximate surface area is 97.5 Å². The second-order valence-electron chi connectivity index (χ2n) is 4.01. The molecule has 0 saturated carbocycles. The number of nitrogens with two attached hydrogens (primary N) is 1. The van der Waals surface area contributed by atoms with Crippen molar-refractivity contribution in [3.63, 3.8) is 0 Å².